The Morgan fingerprint density at radius 2 is 2.15 bits per heavy atom. The standard InChI is InChI=1S/C19H19N3O4/c1-11-13(7-8-17(23)26-16-9-10-25-19(16)24)12(2)22-18(20-11)14-5-3-4-6-15(14)21-22/h3-6,16H,7-10H2,1-2H3. The van der Waals surface area contributed by atoms with E-state index >= 15 is 0 Å². The number of fused-ring (bicyclic) bond motifs is 3. The third kappa shape index (κ3) is 2.79. The van der Waals surface area contributed by atoms with Gasteiger partial charge < -0.3 is 9.47 Å². The predicted octanol–water partition coefficient (Wildman–Crippen LogP) is 2.29. The number of hydrogen-bond acceptors (Lipinski definition) is 6. The van der Waals surface area contributed by atoms with Gasteiger partial charge in [-0.2, -0.15) is 5.10 Å². The first-order valence-electron chi connectivity index (χ1n) is 8.64. The van der Waals surface area contributed by atoms with Crippen molar-refractivity contribution in [2.75, 3.05) is 6.61 Å². The van der Waals surface area contributed by atoms with E-state index in [9.17, 15) is 9.59 Å². The molecule has 3 aromatic rings. The summed E-state index contributed by atoms with van der Waals surface area (Å²) in [7, 11) is 0. The highest BCUT2D eigenvalue weighted by Gasteiger charge is 2.30. The number of rotatable bonds is 4. The Kier molecular flexibility index (Phi) is 4.06. The molecule has 0 saturated carbocycles. The fourth-order valence-electron chi connectivity index (χ4n) is 3.37. The molecule has 1 unspecified atom stereocenters. The summed E-state index contributed by atoms with van der Waals surface area (Å²) in [5, 5.41) is 5.62. The summed E-state index contributed by atoms with van der Waals surface area (Å²) in [5.74, 6) is -0.865. The Labute approximate surface area is 149 Å². The first kappa shape index (κ1) is 16.5. The summed E-state index contributed by atoms with van der Waals surface area (Å²) in [6, 6.07) is 7.87. The van der Waals surface area contributed by atoms with E-state index in [4.69, 9.17) is 14.5 Å². The molecule has 2 aromatic heterocycles. The third-order valence-electron chi connectivity index (χ3n) is 4.76. The van der Waals surface area contributed by atoms with Crippen LogP contribution in [0.5, 0.6) is 0 Å². The first-order valence-corrected chi connectivity index (χ1v) is 8.64. The van der Waals surface area contributed by atoms with Crippen LogP contribution in [0.2, 0.25) is 0 Å². The molecule has 1 aliphatic rings. The number of carbonyl (C=O) groups is 2. The molecule has 3 heterocycles. The van der Waals surface area contributed by atoms with Gasteiger partial charge in [0, 0.05) is 29.6 Å². The van der Waals surface area contributed by atoms with Crippen LogP contribution < -0.4 is 0 Å². The number of ether oxygens (including phenoxy) is 2. The highest BCUT2D eigenvalue weighted by atomic mass is 16.6. The van der Waals surface area contributed by atoms with E-state index in [0.717, 1.165) is 33.5 Å². The number of aryl methyl sites for hydroxylation is 2. The maximum Gasteiger partial charge on any atom is 0.347 e. The van der Waals surface area contributed by atoms with Gasteiger partial charge in [0.1, 0.15) is 0 Å². The van der Waals surface area contributed by atoms with Crippen LogP contribution in [0, 0.1) is 13.8 Å². The molecule has 0 radical (unpaired) electrons. The van der Waals surface area contributed by atoms with Crippen LogP contribution in [-0.2, 0) is 25.5 Å². The number of benzene rings is 1. The summed E-state index contributed by atoms with van der Waals surface area (Å²) in [4.78, 5) is 28.2. The number of hydrogen-bond donors (Lipinski definition) is 0. The van der Waals surface area contributed by atoms with Crippen molar-refractivity contribution in [1.29, 1.82) is 0 Å². The van der Waals surface area contributed by atoms with E-state index in [0.29, 0.717) is 19.4 Å². The fourth-order valence-corrected chi connectivity index (χ4v) is 3.37. The number of esters is 2. The summed E-state index contributed by atoms with van der Waals surface area (Å²) in [6.07, 6.45) is 0.328. The normalized spacial score (nSPS) is 17.0. The van der Waals surface area contributed by atoms with Crippen molar-refractivity contribution in [3.8, 4) is 0 Å². The van der Waals surface area contributed by atoms with E-state index in [1.807, 2.05) is 42.6 Å². The first-order chi connectivity index (χ1) is 12.5. The van der Waals surface area contributed by atoms with E-state index < -0.39 is 18.0 Å². The predicted molar refractivity (Wildman–Crippen MR) is 93.7 cm³/mol. The second kappa shape index (κ2) is 6.40. The van der Waals surface area contributed by atoms with Crippen molar-refractivity contribution >= 4 is 28.5 Å². The molecule has 1 aromatic carbocycles. The summed E-state index contributed by atoms with van der Waals surface area (Å²) in [5.41, 5.74) is 4.50. The Hall–Kier alpha value is -2.96. The number of aromatic nitrogens is 3. The van der Waals surface area contributed by atoms with Gasteiger partial charge in [-0.15, -0.1) is 0 Å². The van der Waals surface area contributed by atoms with Gasteiger partial charge in [-0.25, -0.2) is 14.3 Å². The lowest BCUT2D eigenvalue weighted by atomic mass is 10.1. The van der Waals surface area contributed by atoms with E-state index in [1.54, 1.807) is 0 Å². The Morgan fingerprint density at radius 1 is 1.35 bits per heavy atom. The van der Waals surface area contributed by atoms with Crippen molar-refractivity contribution < 1.29 is 19.1 Å². The smallest absolute Gasteiger partial charge is 0.347 e. The second-order valence-corrected chi connectivity index (χ2v) is 6.45. The lowest BCUT2D eigenvalue weighted by Gasteiger charge is -2.12. The van der Waals surface area contributed by atoms with E-state index in [1.165, 1.54) is 0 Å². The van der Waals surface area contributed by atoms with Crippen molar-refractivity contribution in [3.63, 3.8) is 0 Å². The molecule has 4 rings (SSSR count). The number of carbonyl (C=O) groups excluding carboxylic acids is 2. The van der Waals surface area contributed by atoms with Gasteiger partial charge >= 0.3 is 11.9 Å². The molecule has 134 valence electrons. The van der Waals surface area contributed by atoms with Crippen LogP contribution in [0.15, 0.2) is 24.3 Å². The molecule has 0 N–H and O–H groups in total. The largest absolute Gasteiger partial charge is 0.463 e. The summed E-state index contributed by atoms with van der Waals surface area (Å²) < 4.78 is 11.8. The monoisotopic (exact) mass is 353 g/mol. The van der Waals surface area contributed by atoms with Crippen LogP contribution >= 0.6 is 0 Å². The molecule has 1 fully saturated rings. The number of nitrogens with zero attached hydrogens (tertiary/aromatic N) is 3. The zero-order valence-corrected chi connectivity index (χ0v) is 14.7. The molecule has 0 spiro atoms. The Balaban J connectivity index is 1.57. The SMILES string of the molecule is Cc1nc2c3ccccc3nn2c(C)c1CCC(=O)OC1CCOC1=O. The molecular weight excluding hydrogens is 334 g/mol. The van der Waals surface area contributed by atoms with Gasteiger partial charge in [-0.1, -0.05) is 12.1 Å². The lowest BCUT2D eigenvalue weighted by molar-refractivity contribution is -0.160. The molecule has 26 heavy (non-hydrogen) atoms. The average Bonchev–Trinajstić information content (AvgIpc) is 3.19. The zero-order chi connectivity index (χ0) is 18.3. The zero-order valence-electron chi connectivity index (χ0n) is 14.7. The van der Waals surface area contributed by atoms with Gasteiger partial charge in [0.15, 0.2) is 5.65 Å². The molecule has 0 aliphatic carbocycles. The minimum Gasteiger partial charge on any atom is -0.463 e. The molecule has 1 aliphatic heterocycles. The van der Waals surface area contributed by atoms with Crippen LogP contribution in [0.1, 0.15) is 29.8 Å². The van der Waals surface area contributed by atoms with Crippen molar-refractivity contribution in [3.05, 3.63) is 41.2 Å². The molecule has 0 amide bonds. The van der Waals surface area contributed by atoms with Gasteiger partial charge in [-0.05, 0) is 38.0 Å². The minimum absolute atomic E-state index is 0.180. The van der Waals surface area contributed by atoms with E-state index in [-0.39, 0.29) is 6.42 Å². The van der Waals surface area contributed by atoms with Gasteiger partial charge in [0.05, 0.1) is 12.1 Å². The molecular formula is C19H19N3O4. The highest BCUT2D eigenvalue weighted by Crippen LogP contribution is 2.23. The molecule has 1 atom stereocenters. The average molecular weight is 353 g/mol. The lowest BCUT2D eigenvalue weighted by Crippen LogP contribution is -2.23. The van der Waals surface area contributed by atoms with Crippen molar-refractivity contribution in [1.82, 2.24) is 14.6 Å². The van der Waals surface area contributed by atoms with Crippen LogP contribution in [-0.4, -0.2) is 39.2 Å². The molecule has 1 saturated heterocycles. The molecule has 7 heteroatoms. The third-order valence-corrected chi connectivity index (χ3v) is 4.76. The topological polar surface area (TPSA) is 82.8 Å². The summed E-state index contributed by atoms with van der Waals surface area (Å²) in [6.45, 7) is 4.22. The van der Waals surface area contributed by atoms with Crippen LogP contribution in [0.4, 0.5) is 0 Å². The fraction of sp³-hybridized carbons (Fsp3) is 0.368. The van der Waals surface area contributed by atoms with Crippen molar-refractivity contribution in [2.24, 2.45) is 0 Å². The minimum atomic E-state index is -0.762. The maximum absolute atomic E-state index is 12.1. The Morgan fingerprint density at radius 3 is 2.92 bits per heavy atom. The van der Waals surface area contributed by atoms with Gasteiger partial charge in [0.25, 0.3) is 0 Å². The molecule has 7 nitrogen and oxygen atoms in total. The van der Waals surface area contributed by atoms with E-state index in [2.05, 4.69) is 5.10 Å². The molecule has 0 bridgehead atoms. The quantitative estimate of drug-likeness (QED) is 0.669. The second-order valence-electron chi connectivity index (χ2n) is 6.45. The Bertz CT molecular complexity index is 1020. The van der Waals surface area contributed by atoms with Gasteiger partial charge in [-0.3, -0.25) is 4.79 Å². The van der Waals surface area contributed by atoms with Crippen LogP contribution in [0.3, 0.4) is 0 Å². The summed E-state index contributed by atoms with van der Waals surface area (Å²) >= 11 is 0. The van der Waals surface area contributed by atoms with Gasteiger partial charge in [0.2, 0.25) is 6.10 Å². The van der Waals surface area contributed by atoms with Crippen LogP contribution in [0.25, 0.3) is 16.6 Å². The van der Waals surface area contributed by atoms with Crippen molar-refractivity contribution in [2.45, 2.75) is 39.2 Å². The number of cyclic esters (lactones) is 1. The maximum atomic E-state index is 12.1. The highest BCUT2D eigenvalue weighted by molar-refractivity contribution is 5.92.